The summed E-state index contributed by atoms with van der Waals surface area (Å²) in [6, 6.07) is 11.8. The summed E-state index contributed by atoms with van der Waals surface area (Å²) >= 11 is 13.0. The first-order valence-electron chi connectivity index (χ1n) is 15.2. The van der Waals surface area contributed by atoms with Crippen LogP contribution >= 0.6 is 23.2 Å². The number of carbonyl (C=O) groups is 2. The van der Waals surface area contributed by atoms with E-state index in [1.54, 1.807) is 25.1 Å². The van der Waals surface area contributed by atoms with Gasteiger partial charge in [-0.3, -0.25) is 9.59 Å². The second kappa shape index (κ2) is 15.3. The highest BCUT2D eigenvalue weighted by molar-refractivity contribution is 6.43. The summed E-state index contributed by atoms with van der Waals surface area (Å²) in [5.74, 6) is -1.07. The number of aliphatic hydroxyl groups is 1. The van der Waals surface area contributed by atoms with Gasteiger partial charge in [0.1, 0.15) is 28.3 Å². The van der Waals surface area contributed by atoms with Gasteiger partial charge >= 0.3 is 6.55 Å². The van der Waals surface area contributed by atoms with Gasteiger partial charge in [-0.2, -0.15) is 18.9 Å². The number of nitrogens with one attached hydrogen (secondary N) is 1. The molecule has 4 N–H and O–H groups in total. The molecule has 0 radical (unpaired) electrons. The first-order valence-corrected chi connectivity index (χ1v) is 15.9. The van der Waals surface area contributed by atoms with Crippen molar-refractivity contribution < 1.29 is 42.4 Å². The zero-order valence-electron chi connectivity index (χ0n) is 27.7. The zero-order chi connectivity index (χ0) is 37.0. The van der Waals surface area contributed by atoms with Crippen molar-refractivity contribution in [3.8, 4) is 34.5 Å². The molecule has 2 amide bonds. The highest BCUT2D eigenvalue weighted by atomic mass is 35.5. The largest absolute Gasteiger partial charge is 0.494 e. The van der Waals surface area contributed by atoms with Gasteiger partial charge in [0.15, 0.2) is 0 Å². The van der Waals surface area contributed by atoms with Crippen LogP contribution in [0, 0.1) is 0 Å². The Hall–Kier alpha value is -5.25. The SMILES string of the molecule is CCOc1c(CC(N)=O)cc([C@@](O)(CNC(=O)c2cc(OC)c3nn(C(F)F)cc3c2)c2cc(OC)nc(OC)c2)nc1-c1cccc(Cl)c1Cl. The minimum Gasteiger partial charge on any atom is -0.494 e. The van der Waals surface area contributed by atoms with Gasteiger partial charge in [0, 0.05) is 46.0 Å². The van der Waals surface area contributed by atoms with Crippen LogP contribution < -0.4 is 30.0 Å². The number of ether oxygens (including phenoxy) is 4. The van der Waals surface area contributed by atoms with E-state index in [4.69, 9.17) is 52.9 Å². The fraction of sp³-hybridized carbons (Fsp3) is 0.265. The van der Waals surface area contributed by atoms with Crippen molar-refractivity contribution in [1.82, 2.24) is 25.1 Å². The third kappa shape index (κ3) is 7.60. The number of nitrogens with two attached hydrogens (primary N) is 1. The predicted octanol–water partition coefficient (Wildman–Crippen LogP) is 5.31. The van der Waals surface area contributed by atoms with E-state index in [1.165, 1.54) is 51.7 Å². The van der Waals surface area contributed by atoms with Crippen molar-refractivity contribution in [2.24, 2.45) is 5.73 Å². The van der Waals surface area contributed by atoms with E-state index < -0.39 is 30.5 Å². The van der Waals surface area contributed by atoms with Gasteiger partial charge in [-0.15, -0.1) is 0 Å². The van der Waals surface area contributed by atoms with Crippen LogP contribution in [0.2, 0.25) is 10.0 Å². The Labute approximate surface area is 300 Å². The Kier molecular flexibility index (Phi) is 11.1. The fourth-order valence-corrected chi connectivity index (χ4v) is 5.77. The molecule has 0 saturated carbocycles. The van der Waals surface area contributed by atoms with Crippen molar-refractivity contribution in [3.05, 3.63) is 87.2 Å². The lowest BCUT2D eigenvalue weighted by atomic mass is 9.88. The number of alkyl halides is 2. The summed E-state index contributed by atoms with van der Waals surface area (Å²) in [6.45, 7) is -1.56. The van der Waals surface area contributed by atoms with E-state index in [9.17, 15) is 23.5 Å². The van der Waals surface area contributed by atoms with Gasteiger partial charge in [0.2, 0.25) is 17.7 Å². The Bertz CT molecular complexity index is 2090. The number of nitrogens with zero attached hydrogens (tertiary/aromatic N) is 4. The van der Waals surface area contributed by atoms with E-state index in [0.29, 0.717) is 10.2 Å². The van der Waals surface area contributed by atoms with Crippen molar-refractivity contribution in [2.75, 3.05) is 34.5 Å². The number of pyridine rings is 2. The molecule has 3 aromatic heterocycles. The maximum absolute atomic E-state index is 13.7. The average molecular weight is 746 g/mol. The summed E-state index contributed by atoms with van der Waals surface area (Å²) in [5, 5.41) is 19.8. The zero-order valence-corrected chi connectivity index (χ0v) is 29.2. The number of methoxy groups -OCH3 is 3. The monoisotopic (exact) mass is 744 g/mol. The van der Waals surface area contributed by atoms with E-state index in [1.807, 2.05) is 0 Å². The Balaban J connectivity index is 1.71. The van der Waals surface area contributed by atoms with Crippen molar-refractivity contribution in [1.29, 1.82) is 0 Å². The standard InChI is InChI=1S/C34H32Cl2F2N6O7/c1-5-51-31-17(12-25(39)45)11-24(41-30(31)21-7-6-8-22(35)28(21)36)34(47,20-13-26(49-3)42-27(14-20)50-4)16-40-32(46)18-9-19-15-44(33(37)38)43-29(19)23(10-18)48-2/h6-11,13-15,33,47H,5,12,16H2,1-4H3,(H2,39,45)(H,40,46)/t34-/m1/s1. The van der Waals surface area contributed by atoms with Crippen LogP contribution in [0.1, 0.15) is 40.7 Å². The van der Waals surface area contributed by atoms with Crippen molar-refractivity contribution in [2.45, 2.75) is 25.5 Å². The number of fused-ring (bicyclic) bond motifs is 1. The molecule has 0 bridgehead atoms. The summed E-state index contributed by atoms with van der Waals surface area (Å²) in [6.07, 6.45) is 0.755. The second-order valence-corrected chi connectivity index (χ2v) is 11.8. The predicted molar refractivity (Wildman–Crippen MR) is 184 cm³/mol. The fourth-order valence-electron chi connectivity index (χ4n) is 5.38. The molecule has 0 fully saturated rings. The van der Waals surface area contributed by atoms with Gasteiger partial charge in [0.05, 0.1) is 56.6 Å². The maximum Gasteiger partial charge on any atom is 0.333 e. The molecule has 0 spiro atoms. The van der Waals surface area contributed by atoms with E-state index in [-0.39, 0.29) is 85.3 Å². The molecule has 5 aromatic rings. The summed E-state index contributed by atoms with van der Waals surface area (Å²) < 4.78 is 49.3. The molecule has 1 atom stereocenters. The number of benzene rings is 2. The minimum absolute atomic E-state index is 0.0147. The van der Waals surface area contributed by atoms with Crippen LogP contribution in [0.4, 0.5) is 8.78 Å². The number of amides is 2. The van der Waals surface area contributed by atoms with Gasteiger partial charge in [0.25, 0.3) is 5.91 Å². The molecule has 17 heteroatoms. The number of primary amides is 1. The first kappa shape index (κ1) is 37.0. The second-order valence-electron chi connectivity index (χ2n) is 11.0. The molecule has 0 aliphatic heterocycles. The molecular formula is C34H32Cl2F2N6O7. The number of carbonyl (C=O) groups excluding carboxylic acids is 2. The molecule has 3 heterocycles. The maximum atomic E-state index is 13.7. The number of aromatic nitrogens is 4. The molecular weight excluding hydrogens is 713 g/mol. The summed E-state index contributed by atoms with van der Waals surface area (Å²) in [7, 11) is 4.04. The normalized spacial score (nSPS) is 12.4. The van der Waals surface area contributed by atoms with E-state index in [2.05, 4.69) is 15.4 Å². The molecule has 0 aliphatic carbocycles. The Morgan fingerprint density at radius 3 is 2.35 bits per heavy atom. The van der Waals surface area contributed by atoms with E-state index >= 15 is 0 Å². The molecule has 5 rings (SSSR count). The summed E-state index contributed by atoms with van der Waals surface area (Å²) in [4.78, 5) is 35.1. The highest BCUT2D eigenvalue weighted by Gasteiger charge is 2.37. The molecule has 0 unspecified atom stereocenters. The van der Waals surface area contributed by atoms with Gasteiger partial charge in [-0.05, 0) is 31.2 Å². The molecule has 0 saturated heterocycles. The van der Waals surface area contributed by atoms with Gasteiger partial charge in [-0.25, -0.2) is 9.67 Å². The average Bonchev–Trinajstić information content (AvgIpc) is 3.56. The van der Waals surface area contributed by atoms with Crippen LogP contribution in [-0.4, -0.2) is 71.2 Å². The minimum atomic E-state index is -2.92. The number of hydrogen-bond donors (Lipinski definition) is 3. The number of hydrogen-bond acceptors (Lipinski definition) is 10. The molecule has 51 heavy (non-hydrogen) atoms. The van der Waals surface area contributed by atoms with Crippen molar-refractivity contribution >= 4 is 45.9 Å². The van der Waals surface area contributed by atoms with Crippen LogP contribution in [-0.2, 0) is 16.8 Å². The number of rotatable bonds is 14. The lowest BCUT2D eigenvalue weighted by molar-refractivity contribution is -0.117. The summed E-state index contributed by atoms with van der Waals surface area (Å²) in [5.41, 5.74) is 4.31. The van der Waals surface area contributed by atoms with Crippen molar-refractivity contribution in [3.63, 3.8) is 0 Å². The molecule has 0 aliphatic rings. The Morgan fingerprint density at radius 1 is 1.04 bits per heavy atom. The van der Waals surface area contributed by atoms with Gasteiger partial charge in [-0.1, -0.05) is 35.3 Å². The Morgan fingerprint density at radius 2 is 1.75 bits per heavy atom. The lowest BCUT2D eigenvalue weighted by Crippen LogP contribution is -2.42. The third-order valence-corrected chi connectivity index (χ3v) is 8.60. The van der Waals surface area contributed by atoms with Crippen LogP contribution in [0.15, 0.2) is 54.7 Å². The molecule has 2 aromatic carbocycles. The molecule has 13 nitrogen and oxygen atoms in total. The number of halogens is 4. The smallest absolute Gasteiger partial charge is 0.333 e. The van der Waals surface area contributed by atoms with Crippen LogP contribution in [0.5, 0.6) is 23.3 Å². The lowest BCUT2D eigenvalue weighted by Gasteiger charge is -2.30. The van der Waals surface area contributed by atoms with Gasteiger partial charge < -0.3 is 35.1 Å². The quantitative estimate of drug-likeness (QED) is 0.135. The first-order chi connectivity index (χ1) is 24.3. The van der Waals surface area contributed by atoms with Crippen LogP contribution in [0.3, 0.4) is 0 Å². The highest BCUT2D eigenvalue weighted by Crippen LogP contribution is 2.42. The van der Waals surface area contributed by atoms with E-state index in [0.717, 1.165) is 6.20 Å². The topological polar surface area (TPSA) is 173 Å². The van der Waals surface area contributed by atoms with Crippen LogP contribution in [0.25, 0.3) is 22.2 Å². The third-order valence-electron chi connectivity index (χ3n) is 7.79. The molecule has 268 valence electrons.